The third kappa shape index (κ3) is 1.30. The lowest BCUT2D eigenvalue weighted by molar-refractivity contribution is -0.114. The van der Waals surface area contributed by atoms with Crippen molar-refractivity contribution in [3.05, 3.63) is 23.6 Å². The Morgan fingerprint density at radius 1 is 1.75 bits per heavy atom. The minimum atomic E-state index is -0.708. The molecule has 0 aromatic rings. The van der Waals surface area contributed by atoms with E-state index < -0.39 is 5.41 Å². The van der Waals surface area contributed by atoms with E-state index in [9.17, 15) is 9.90 Å². The van der Waals surface area contributed by atoms with Crippen LogP contribution in [0.25, 0.3) is 0 Å². The standard InChI is InChI=1S/C9H11NO2/c1-9(6-11)5-7(12)3-4-8(9)10-2/h3-4,6,12H,2,5H2,1H3. The number of carbonyl (C=O) groups excluding carboxylic acids is 1. The lowest BCUT2D eigenvalue weighted by Gasteiger charge is -2.25. The van der Waals surface area contributed by atoms with Crippen LogP contribution in [-0.2, 0) is 4.79 Å². The molecule has 1 N–H and O–H groups in total. The Morgan fingerprint density at radius 2 is 2.42 bits per heavy atom. The number of rotatable bonds is 2. The van der Waals surface area contributed by atoms with E-state index in [0.29, 0.717) is 12.1 Å². The van der Waals surface area contributed by atoms with Gasteiger partial charge in [-0.2, -0.15) is 0 Å². The van der Waals surface area contributed by atoms with Crippen molar-refractivity contribution in [2.75, 3.05) is 0 Å². The van der Waals surface area contributed by atoms with Crippen LogP contribution in [0.4, 0.5) is 0 Å². The summed E-state index contributed by atoms with van der Waals surface area (Å²) in [6.07, 6.45) is 4.24. The smallest absolute Gasteiger partial charge is 0.132 e. The highest BCUT2D eigenvalue weighted by molar-refractivity contribution is 5.66. The van der Waals surface area contributed by atoms with Crippen LogP contribution >= 0.6 is 0 Å². The molecule has 0 heterocycles. The summed E-state index contributed by atoms with van der Waals surface area (Å²) in [5.41, 5.74) is -0.101. The molecule has 0 saturated carbocycles. The van der Waals surface area contributed by atoms with Gasteiger partial charge in [-0.3, -0.25) is 4.99 Å². The van der Waals surface area contributed by atoms with E-state index in [-0.39, 0.29) is 5.76 Å². The van der Waals surface area contributed by atoms with Crippen LogP contribution < -0.4 is 0 Å². The molecule has 0 fully saturated rings. The molecule has 0 amide bonds. The van der Waals surface area contributed by atoms with E-state index >= 15 is 0 Å². The SMILES string of the molecule is C=NC1=CC=C(O)CC1(C)C=O. The van der Waals surface area contributed by atoms with Crippen molar-refractivity contribution in [3.8, 4) is 0 Å². The molecule has 0 aliphatic heterocycles. The van der Waals surface area contributed by atoms with Gasteiger partial charge in [-0.1, -0.05) is 0 Å². The maximum absolute atomic E-state index is 10.7. The average Bonchev–Trinajstić information content (AvgIpc) is 2.05. The fourth-order valence-electron chi connectivity index (χ4n) is 1.23. The second kappa shape index (κ2) is 2.93. The Kier molecular flexibility index (Phi) is 2.13. The summed E-state index contributed by atoms with van der Waals surface area (Å²) < 4.78 is 0. The van der Waals surface area contributed by atoms with Gasteiger partial charge in [0.25, 0.3) is 0 Å². The van der Waals surface area contributed by atoms with E-state index in [1.165, 1.54) is 6.08 Å². The van der Waals surface area contributed by atoms with Crippen molar-refractivity contribution in [2.45, 2.75) is 13.3 Å². The summed E-state index contributed by atoms with van der Waals surface area (Å²) in [6.45, 7) is 5.09. The Hall–Kier alpha value is -1.38. The third-order valence-electron chi connectivity index (χ3n) is 2.00. The molecule has 0 spiro atoms. The topological polar surface area (TPSA) is 49.7 Å². The number of hydrogen-bond donors (Lipinski definition) is 1. The van der Waals surface area contributed by atoms with E-state index in [2.05, 4.69) is 11.7 Å². The Balaban J connectivity index is 3.07. The molecule has 0 aromatic heterocycles. The molecule has 64 valence electrons. The number of nitrogens with zero attached hydrogens (tertiary/aromatic N) is 1. The summed E-state index contributed by atoms with van der Waals surface area (Å²) in [7, 11) is 0. The van der Waals surface area contributed by atoms with Gasteiger partial charge in [0.1, 0.15) is 6.29 Å². The van der Waals surface area contributed by atoms with E-state index in [1.807, 2.05) is 0 Å². The first kappa shape index (κ1) is 8.71. The zero-order valence-corrected chi connectivity index (χ0v) is 6.95. The quantitative estimate of drug-likeness (QED) is 0.499. The van der Waals surface area contributed by atoms with Gasteiger partial charge in [0.2, 0.25) is 0 Å². The summed E-state index contributed by atoms with van der Waals surface area (Å²) in [5, 5.41) is 9.18. The Labute approximate surface area is 71.1 Å². The first-order chi connectivity index (χ1) is 5.62. The Morgan fingerprint density at radius 3 is 2.92 bits per heavy atom. The van der Waals surface area contributed by atoms with Gasteiger partial charge in [0, 0.05) is 6.42 Å². The second-order valence-electron chi connectivity index (χ2n) is 3.08. The highest BCUT2D eigenvalue weighted by Gasteiger charge is 2.31. The molecule has 12 heavy (non-hydrogen) atoms. The predicted octanol–water partition coefficient (Wildman–Crippen LogP) is 1.62. The molecule has 1 rings (SSSR count). The zero-order chi connectivity index (χ0) is 9.19. The predicted molar refractivity (Wildman–Crippen MR) is 47.1 cm³/mol. The number of aldehydes is 1. The minimum Gasteiger partial charge on any atom is -0.512 e. The first-order valence-electron chi connectivity index (χ1n) is 3.66. The summed E-state index contributed by atoms with van der Waals surface area (Å²) >= 11 is 0. The van der Waals surface area contributed by atoms with Gasteiger partial charge < -0.3 is 9.90 Å². The van der Waals surface area contributed by atoms with E-state index in [0.717, 1.165) is 6.29 Å². The minimum absolute atomic E-state index is 0.206. The van der Waals surface area contributed by atoms with Crippen molar-refractivity contribution < 1.29 is 9.90 Å². The number of aliphatic imine (C=N–C) groups is 1. The Bertz CT molecular complexity index is 278. The van der Waals surface area contributed by atoms with Crippen LogP contribution in [0.15, 0.2) is 28.6 Å². The molecule has 0 bridgehead atoms. The molecule has 1 atom stereocenters. The summed E-state index contributed by atoms with van der Waals surface area (Å²) in [4.78, 5) is 14.5. The molecule has 3 heteroatoms. The largest absolute Gasteiger partial charge is 0.512 e. The number of aliphatic hydroxyl groups is 1. The fraction of sp³-hybridized carbons (Fsp3) is 0.333. The monoisotopic (exact) mass is 165 g/mol. The van der Waals surface area contributed by atoms with Crippen LogP contribution in [0.3, 0.4) is 0 Å². The van der Waals surface area contributed by atoms with Crippen LogP contribution in [0.5, 0.6) is 0 Å². The number of carbonyl (C=O) groups is 1. The van der Waals surface area contributed by atoms with Gasteiger partial charge >= 0.3 is 0 Å². The molecule has 0 radical (unpaired) electrons. The van der Waals surface area contributed by atoms with Gasteiger partial charge in [0.05, 0.1) is 16.9 Å². The van der Waals surface area contributed by atoms with Crippen molar-refractivity contribution in [2.24, 2.45) is 10.4 Å². The molecule has 0 aromatic carbocycles. The highest BCUT2D eigenvalue weighted by atomic mass is 16.3. The van der Waals surface area contributed by atoms with Gasteiger partial charge in [-0.15, -0.1) is 0 Å². The highest BCUT2D eigenvalue weighted by Crippen LogP contribution is 2.34. The normalized spacial score (nSPS) is 28.8. The van der Waals surface area contributed by atoms with E-state index in [1.54, 1.807) is 13.0 Å². The van der Waals surface area contributed by atoms with Gasteiger partial charge in [-0.25, -0.2) is 0 Å². The molecule has 0 saturated heterocycles. The number of allylic oxidation sites excluding steroid dienone is 4. The third-order valence-corrected chi connectivity index (χ3v) is 2.00. The molecule has 1 aliphatic rings. The molecule has 1 unspecified atom stereocenters. The van der Waals surface area contributed by atoms with Crippen LogP contribution in [0, 0.1) is 5.41 Å². The summed E-state index contributed by atoms with van der Waals surface area (Å²) in [5.74, 6) is 0.206. The lowest BCUT2D eigenvalue weighted by Crippen LogP contribution is -2.23. The fourth-order valence-corrected chi connectivity index (χ4v) is 1.23. The average molecular weight is 165 g/mol. The molecular weight excluding hydrogens is 154 g/mol. The molecule has 1 aliphatic carbocycles. The summed E-state index contributed by atoms with van der Waals surface area (Å²) in [6, 6.07) is 0. The maximum Gasteiger partial charge on any atom is 0.132 e. The van der Waals surface area contributed by atoms with Crippen LogP contribution in [-0.4, -0.2) is 18.1 Å². The van der Waals surface area contributed by atoms with Crippen molar-refractivity contribution in [1.82, 2.24) is 0 Å². The number of aliphatic hydroxyl groups excluding tert-OH is 1. The van der Waals surface area contributed by atoms with Crippen LogP contribution in [0.2, 0.25) is 0 Å². The molecule has 3 nitrogen and oxygen atoms in total. The van der Waals surface area contributed by atoms with Gasteiger partial charge in [-0.05, 0) is 25.8 Å². The maximum atomic E-state index is 10.7. The van der Waals surface area contributed by atoms with Crippen LogP contribution in [0.1, 0.15) is 13.3 Å². The molecular formula is C9H11NO2. The zero-order valence-electron chi connectivity index (χ0n) is 6.95. The second-order valence-corrected chi connectivity index (χ2v) is 3.08. The van der Waals surface area contributed by atoms with Gasteiger partial charge in [0.15, 0.2) is 0 Å². The van der Waals surface area contributed by atoms with Crippen molar-refractivity contribution >= 4 is 13.0 Å². The first-order valence-corrected chi connectivity index (χ1v) is 3.66. The lowest BCUT2D eigenvalue weighted by atomic mass is 9.81. The van der Waals surface area contributed by atoms with E-state index in [4.69, 9.17) is 0 Å². The van der Waals surface area contributed by atoms with Crippen molar-refractivity contribution in [3.63, 3.8) is 0 Å². The van der Waals surface area contributed by atoms with Crippen molar-refractivity contribution in [1.29, 1.82) is 0 Å². The number of hydrogen-bond acceptors (Lipinski definition) is 3.